The SMILES string of the molecule is Cc1noc(CN2c3nc(N4CCOC[C@H]4C)c(F)c(=O)n3C[C@@]2(C)C(F)(F)F)n1. The van der Waals surface area contributed by atoms with Gasteiger partial charge in [0.1, 0.15) is 6.54 Å². The van der Waals surface area contributed by atoms with Gasteiger partial charge in [-0.2, -0.15) is 27.5 Å². The van der Waals surface area contributed by atoms with Gasteiger partial charge in [0.25, 0.3) is 5.56 Å². The van der Waals surface area contributed by atoms with Gasteiger partial charge in [0.2, 0.25) is 17.7 Å². The van der Waals surface area contributed by atoms with Crippen molar-refractivity contribution in [3.63, 3.8) is 0 Å². The van der Waals surface area contributed by atoms with Crippen molar-refractivity contribution in [1.82, 2.24) is 19.7 Å². The highest BCUT2D eigenvalue weighted by molar-refractivity contribution is 5.51. The number of alkyl halides is 3. The van der Waals surface area contributed by atoms with E-state index in [-0.39, 0.29) is 49.3 Å². The zero-order chi connectivity index (χ0) is 21.8. The number of aromatic nitrogens is 4. The van der Waals surface area contributed by atoms with Crippen LogP contribution in [0.3, 0.4) is 0 Å². The zero-order valence-corrected chi connectivity index (χ0v) is 16.5. The summed E-state index contributed by atoms with van der Waals surface area (Å²) in [6.07, 6.45) is -4.74. The smallest absolute Gasteiger partial charge is 0.377 e. The molecule has 0 spiro atoms. The minimum Gasteiger partial charge on any atom is -0.377 e. The molecule has 4 heterocycles. The Hall–Kier alpha value is -2.70. The first kappa shape index (κ1) is 20.6. The van der Waals surface area contributed by atoms with Crippen molar-refractivity contribution in [2.75, 3.05) is 29.6 Å². The number of nitrogens with zero attached hydrogens (tertiary/aromatic N) is 6. The average Bonchev–Trinajstić information content (AvgIpc) is 3.21. The fraction of sp³-hybridized carbons (Fsp3) is 0.647. The summed E-state index contributed by atoms with van der Waals surface area (Å²) in [5.74, 6) is -1.60. The number of fused-ring (bicyclic) bond motifs is 1. The predicted molar refractivity (Wildman–Crippen MR) is 95.8 cm³/mol. The van der Waals surface area contributed by atoms with E-state index >= 15 is 0 Å². The predicted octanol–water partition coefficient (Wildman–Crippen LogP) is 1.64. The molecule has 164 valence electrons. The second-order valence-electron chi connectivity index (χ2n) is 7.65. The largest absolute Gasteiger partial charge is 0.413 e. The van der Waals surface area contributed by atoms with Crippen LogP contribution in [0.4, 0.5) is 29.3 Å². The molecule has 2 aromatic heterocycles. The van der Waals surface area contributed by atoms with Gasteiger partial charge in [0, 0.05) is 6.54 Å². The van der Waals surface area contributed by atoms with Crippen LogP contribution in [-0.2, 0) is 17.8 Å². The Morgan fingerprint density at radius 2 is 2.03 bits per heavy atom. The van der Waals surface area contributed by atoms with Crippen LogP contribution in [0.2, 0.25) is 0 Å². The van der Waals surface area contributed by atoms with Gasteiger partial charge in [-0.3, -0.25) is 9.36 Å². The van der Waals surface area contributed by atoms with E-state index in [4.69, 9.17) is 9.26 Å². The lowest BCUT2D eigenvalue weighted by molar-refractivity contribution is -0.182. The highest BCUT2D eigenvalue weighted by Crippen LogP contribution is 2.44. The van der Waals surface area contributed by atoms with Crippen LogP contribution in [0.5, 0.6) is 0 Å². The number of hydrogen-bond donors (Lipinski definition) is 0. The maximum Gasteiger partial charge on any atom is 0.413 e. The quantitative estimate of drug-likeness (QED) is 0.677. The molecule has 1 fully saturated rings. The van der Waals surface area contributed by atoms with Crippen molar-refractivity contribution < 1.29 is 26.8 Å². The van der Waals surface area contributed by atoms with Gasteiger partial charge in [-0.15, -0.1) is 0 Å². The Morgan fingerprint density at radius 1 is 1.30 bits per heavy atom. The van der Waals surface area contributed by atoms with E-state index in [1.54, 1.807) is 6.92 Å². The Kier molecular flexibility index (Phi) is 4.75. The standard InChI is InChI=1S/C17H20F4N6O3/c1-9-7-29-5-4-25(9)13-12(18)14(28)26-8-16(3,17(19,20)21)27(15(26)23-13)6-11-22-10(2)24-30-11/h9H,4-8H2,1-3H3/t9-,16+/m1/s1. The Labute approximate surface area is 168 Å². The molecule has 4 rings (SSSR count). The Balaban J connectivity index is 1.85. The summed E-state index contributed by atoms with van der Waals surface area (Å²) >= 11 is 0. The third-order valence-corrected chi connectivity index (χ3v) is 5.49. The van der Waals surface area contributed by atoms with Gasteiger partial charge < -0.3 is 19.1 Å². The molecular formula is C17H20F4N6O3. The maximum absolute atomic E-state index is 14.9. The van der Waals surface area contributed by atoms with E-state index in [9.17, 15) is 22.4 Å². The van der Waals surface area contributed by atoms with E-state index in [2.05, 4.69) is 15.1 Å². The zero-order valence-electron chi connectivity index (χ0n) is 16.5. The number of anilines is 2. The topological polar surface area (TPSA) is 89.5 Å². The van der Waals surface area contributed by atoms with Crippen LogP contribution in [-0.4, -0.2) is 57.2 Å². The van der Waals surface area contributed by atoms with Crippen molar-refractivity contribution in [3.05, 3.63) is 27.9 Å². The molecule has 9 nitrogen and oxygen atoms in total. The lowest BCUT2D eigenvalue weighted by Gasteiger charge is -2.36. The molecule has 30 heavy (non-hydrogen) atoms. The summed E-state index contributed by atoms with van der Waals surface area (Å²) in [6, 6.07) is -0.300. The summed E-state index contributed by atoms with van der Waals surface area (Å²) in [5, 5.41) is 3.59. The van der Waals surface area contributed by atoms with Crippen LogP contribution >= 0.6 is 0 Å². The molecule has 0 unspecified atom stereocenters. The Morgan fingerprint density at radius 3 is 2.63 bits per heavy atom. The van der Waals surface area contributed by atoms with Crippen LogP contribution < -0.4 is 15.4 Å². The summed E-state index contributed by atoms with van der Waals surface area (Å²) in [5.41, 5.74) is -3.68. The molecule has 0 bridgehead atoms. The first-order valence-electron chi connectivity index (χ1n) is 9.31. The molecule has 0 amide bonds. The number of ether oxygens (including phenoxy) is 1. The van der Waals surface area contributed by atoms with Gasteiger partial charge in [-0.05, 0) is 20.8 Å². The number of halogens is 4. The van der Waals surface area contributed by atoms with Gasteiger partial charge in [-0.1, -0.05) is 5.16 Å². The number of morpholine rings is 1. The highest BCUT2D eigenvalue weighted by Gasteiger charge is 2.60. The van der Waals surface area contributed by atoms with Crippen LogP contribution in [0.25, 0.3) is 0 Å². The third kappa shape index (κ3) is 3.11. The number of hydrogen-bond acceptors (Lipinski definition) is 8. The Bertz CT molecular complexity index is 1020. The summed E-state index contributed by atoms with van der Waals surface area (Å²) in [4.78, 5) is 23.2. The molecule has 0 saturated carbocycles. The van der Waals surface area contributed by atoms with Crippen LogP contribution in [0.1, 0.15) is 25.6 Å². The lowest BCUT2D eigenvalue weighted by Crippen LogP contribution is -2.55. The van der Waals surface area contributed by atoms with E-state index in [1.807, 2.05) is 0 Å². The molecule has 0 aliphatic carbocycles. The summed E-state index contributed by atoms with van der Waals surface area (Å²) in [6.45, 7) is 3.80. The molecule has 2 aliphatic rings. The fourth-order valence-electron chi connectivity index (χ4n) is 3.73. The monoisotopic (exact) mass is 432 g/mol. The molecule has 0 aromatic carbocycles. The average molecular weight is 432 g/mol. The molecule has 2 atom stereocenters. The van der Waals surface area contributed by atoms with Crippen molar-refractivity contribution in [3.8, 4) is 0 Å². The minimum atomic E-state index is -4.74. The molecule has 2 aliphatic heterocycles. The van der Waals surface area contributed by atoms with E-state index in [0.29, 0.717) is 4.57 Å². The van der Waals surface area contributed by atoms with Gasteiger partial charge in [0.05, 0.1) is 25.8 Å². The lowest BCUT2D eigenvalue weighted by atomic mass is 10.0. The molecular weight excluding hydrogens is 412 g/mol. The van der Waals surface area contributed by atoms with Crippen LogP contribution in [0, 0.1) is 12.7 Å². The van der Waals surface area contributed by atoms with Crippen molar-refractivity contribution in [2.24, 2.45) is 0 Å². The molecule has 0 N–H and O–H groups in total. The molecule has 1 saturated heterocycles. The normalized spacial score (nSPS) is 24.4. The molecule has 13 heteroatoms. The minimum absolute atomic E-state index is 0.0729. The first-order chi connectivity index (χ1) is 14.0. The van der Waals surface area contributed by atoms with Crippen LogP contribution in [0.15, 0.2) is 9.32 Å². The van der Waals surface area contributed by atoms with E-state index in [0.717, 1.165) is 11.8 Å². The van der Waals surface area contributed by atoms with Crippen molar-refractivity contribution >= 4 is 11.8 Å². The number of rotatable bonds is 3. The van der Waals surface area contributed by atoms with Crippen molar-refractivity contribution in [1.29, 1.82) is 0 Å². The number of aryl methyl sites for hydroxylation is 1. The first-order valence-corrected chi connectivity index (χ1v) is 9.31. The molecule has 2 aromatic rings. The third-order valence-electron chi connectivity index (χ3n) is 5.49. The highest BCUT2D eigenvalue weighted by atomic mass is 19.4. The molecule has 0 radical (unpaired) electrons. The van der Waals surface area contributed by atoms with E-state index in [1.165, 1.54) is 11.8 Å². The van der Waals surface area contributed by atoms with Gasteiger partial charge >= 0.3 is 6.18 Å². The summed E-state index contributed by atoms with van der Waals surface area (Å²) < 4.78 is 68.0. The maximum atomic E-state index is 14.9. The fourth-order valence-corrected chi connectivity index (χ4v) is 3.73. The van der Waals surface area contributed by atoms with Gasteiger partial charge in [-0.25, -0.2) is 0 Å². The summed E-state index contributed by atoms with van der Waals surface area (Å²) in [7, 11) is 0. The van der Waals surface area contributed by atoms with Crippen molar-refractivity contribution in [2.45, 2.75) is 51.6 Å². The second kappa shape index (κ2) is 6.93. The second-order valence-corrected chi connectivity index (χ2v) is 7.65. The van der Waals surface area contributed by atoms with Gasteiger partial charge in [0.15, 0.2) is 17.2 Å². The van der Waals surface area contributed by atoms with E-state index < -0.39 is 36.2 Å².